The molecule has 0 aliphatic rings. The maximum Gasteiger partial charge on any atom is 0.0935 e. The van der Waals surface area contributed by atoms with Crippen LogP contribution < -0.4 is 0 Å². The number of thiazole rings is 1. The van der Waals surface area contributed by atoms with E-state index in [1.807, 2.05) is 17.4 Å². The highest BCUT2D eigenvalue weighted by Gasteiger charge is 2.09. The molecule has 1 aromatic heterocycles. The van der Waals surface area contributed by atoms with Gasteiger partial charge in [0.25, 0.3) is 0 Å². The van der Waals surface area contributed by atoms with Crippen LogP contribution in [0.2, 0.25) is 0 Å². The van der Waals surface area contributed by atoms with Crippen molar-refractivity contribution in [2.45, 2.75) is 26.7 Å². The minimum Gasteiger partial charge on any atom is -0.241 e. The molecule has 0 fully saturated rings. The van der Waals surface area contributed by atoms with E-state index in [1.54, 1.807) is 0 Å². The van der Waals surface area contributed by atoms with Crippen molar-refractivity contribution in [3.63, 3.8) is 0 Å². The number of halogens is 1. The second-order valence-electron chi connectivity index (χ2n) is 3.77. The van der Waals surface area contributed by atoms with Crippen LogP contribution in [0.5, 0.6) is 0 Å². The predicted octanol–water partition coefficient (Wildman–Crippen LogP) is 4.83. The molecular formula is C13H14BrNS. The van der Waals surface area contributed by atoms with Gasteiger partial charge in [-0.3, -0.25) is 0 Å². The van der Waals surface area contributed by atoms with Crippen LogP contribution in [0, 0.1) is 6.92 Å². The standard InChI is InChI=1S/C13H14BrNS/c1-3-5-12-15-13(9(2)16-12)10-6-4-7-11(14)8-10/h4,6-8H,3,5H2,1-2H3. The summed E-state index contributed by atoms with van der Waals surface area (Å²) in [4.78, 5) is 6.02. The number of benzene rings is 1. The van der Waals surface area contributed by atoms with Crippen molar-refractivity contribution < 1.29 is 0 Å². The summed E-state index contributed by atoms with van der Waals surface area (Å²) in [6.45, 7) is 4.34. The Balaban J connectivity index is 2.40. The minimum absolute atomic E-state index is 1.08. The Morgan fingerprint density at radius 1 is 1.38 bits per heavy atom. The van der Waals surface area contributed by atoms with Gasteiger partial charge in [-0.1, -0.05) is 35.0 Å². The molecule has 0 atom stereocenters. The maximum atomic E-state index is 4.71. The average Bonchev–Trinajstić information content (AvgIpc) is 2.60. The van der Waals surface area contributed by atoms with Crippen molar-refractivity contribution in [3.05, 3.63) is 38.6 Å². The zero-order valence-electron chi connectivity index (χ0n) is 9.46. The van der Waals surface area contributed by atoms with E-state index in [9.17, 15) is 0 Å². The highest BCUT2D eigenvalue weighted by Crippen LogP contribution is 2.29. The first-order valence-electron chi connectivity index (χ1n) is 5.43. The SMILES string of the molecule is CCCc1nc(-c2cccc(Br)c2)c(C)s1. The minimum atomic E-state index is 1.08. The molecule has 0 unspecified atom stereocenters. The lowest BCUT2D eigenvalue weighted by molar-refractivity contribution is 0.910. The Morgan fingerprint density at radius 3 is 2.88 bits per heavy atom. The van der Waals surface area contributed by atoms with E-state index < -0.39 is 0 Å². The smallest absolute Gasteiger partial charge is 0.0935 e. The van der Waals surface area contributed by atoms with Gasteiger partial charge in [0.15, 0.2) is 0 Å². The molecule has 0 saturated heterocycles. The van der Waals surface area contributed by atoms with E-state index in [-0.39, 0.29) is 0 Å². The Bertz CT molecular complexity index is 490. The highest BCUT2D eigenvalue weighted by atomic mass is 79.9. The number of aryl methyl sites for hydroxylation is 2. The molecule has 0 radical (unpaired) electrons. The zero-order chi connectivity index (χ0) is 11.5. The first kappa shape index (κ1) is 11.8. The number of rotatable bonds is 3. The van der Waals surface area contributed by atoms with Crippen LogP contribution in [0.1, 0.15) is 23.2 Å². The Kier molecular flexibility index (Phi) is 3.77. The van der Waals surface area contributed by atoms with Crippen molar-refractivity contribution >= 4 is 27.3 Å². The van der Waals surface area contributed by atoms with Gasteiger partial charge in [-0.25, -0.2) is 4.98 Å². The molecule has 0 bridgehead atoms. The fourth-order valence-electron chi connectivity index (χ4n) is 1.68. The molecule has 0 aliphatic carbocycles. The van der Waals surface area contributed by atoms with Crippen LogP contribution >= 0.6 is 27.3 Å². The summed E-state index contributed by atoms with van der Waals surface area (Å²) in [5.41, 5.74) is 2.33. The Hall–Kier alpha value is -0.670. The average molecular weight is 296 g/mol. The molecule has 0 spiro atoms. The molecule has 0 amide bonds. The molecule has 0 aliphatic heterocycles. The first-order chi connectivity index (χ1) is 7.70. The van der Waals surface area contributed by atoms with Crippen molar-refractivity contribution in [3.8, 4) is 11.3 Å². The summed E-state index contributed by atoms with van der Waals surface area (Å²) in [6, 6.07) is 8.33. The quantitative estimate of drug-likeness (QED) is 0.790. The summed E-state index contributed by atoms with van der Waals surface area (Å²) in [7, 11) is 0. The molecule has 2 aromatic rings. The molecule has 84 valence electrons. The maximum absolute atomic E-state index is 4.71. The molecule has 2 rings (SSSR count). The van der Waals surface area contributed by atoms with Crippen molar-refractivity contribution in [1.29, 1.82) is 0 Å². The number of hydrogen-bond acceptors (Lipinski definition) is 2. The third-order valence-corrected chi connectivity index (χ3v) is 3.93. The fourth-order valence-corrected chi connectivity index (χ4v) is 3.13. The monoisotopic (exact) mass is 295 g/mol. The molecular weight excluding hydrogens is 282 g/mol. The summed E-state index contributed by atoms with van der Waals surface area (Å²) in [5, 5.41) is 1.25. The van der Waals surface area contributed by atoms with Gasteiger partial charge in [0.1, 0.15) is 0 Å². The van der Waals surface area contributed by atoms with Gasteiger partial charge in [-0.15, -0.1) is 11.3 Å². The van der Waals surface area contributed by atoms with Gasteiger partial charge in [0.2, 0.25) is 0 Å². The predicted molar refractivity (Wildman–Crippen MR) is 74.0 cm³/mol. The van der Waals surface area contributed by atoms with Gasteiger partial charge in [0, 0.05) is 14.9 Å². The Labute approximate surface area is 109 Å². The van der Waals surface area contributed by atoms with E-state index >= 15 is 0 Å². The van der Waals surface area contributed by atoms with Crippen molar-refractivity contribution in [1.82, 2.24) is 4.98 Å². The van der Waals surface area contributed by atoms with Gasteiger partial charge in [-0.05, 0) is 31.9 Å². The topological polar surface area (TPSA) is 12.9 Å². The number of nitrogens with zero attached hydrogens (tertiary/aromatic N) is 1. The molecule has 0 saturated carbocycles. The van der Waals surface area contributed by atoms with Gasteiger partial charge in [0.05, 0.1) is 10.7 Å². The molecule has 1 nitrogen and oxygen atoms in total. The van der Waals surface area contributed by atoms with Crippen LogP contribution in [0.4, 0.5) is 0 Å². The van der Waals surface area contributed by atoms with E-state index in [0.717, 1.165) is 23.0 Å². The zero-order valence-corrected chi connectivity index (χ0v) is 11.9. The van der Waals surface area contributed by atoms with Crippen molar-refractivity contribution in [2.75, 3.05) is 0 Å². The second kappa shape index (κ2) is 5.11. The second-order valence-corrected chi connectivity index (χ2v) is 5.98. The molecule has 16 heavy (non-hydrogen) atoms. The van der Waals surface area contributed by atoms with E-state index in [4.69, 9.17) is 4.98 Å². The van der Waals surface area contributed by atoms with E-state index in [1.165, 1.54) is 15.4 Å². The van der Waals surface area contributed by atoms with E-state index in [0.29, 0.717) is 0 Å². The van der Waals surface area contributed by atoms with Crippen LogP contribution in [0.25, 0.3) is 11.3 Å². The van der Waals surface area contributed by atoms with Gasteiger partial charge < -0.3 is 0 Å². The Morgan fingerprint density at radius 2 is 2.19 bits per heavy atom. The number of hydrogen-bond donors (Lipinski definition) is 0. The normalized spacial score (nSPS) is 10.7. The largest absolute Gasteiger partial charge is 0.241 e. The molecule has 0 N–H and O–H groups in total. The van der Waals surface area contributed by atoms with Crippen molar-refractivity contribution in [2.24, 2.45) is 0 Å². The third-order valence-electron chi connectivity index (χ3n) is 2.40. The first-order valence-corrected chi connectivity index (χ1v) is 7.04. The molecule has 1 heterocycles. The summed E-state index contributed by atoms with van der Waals surface area (Å²) >= 11 is 5.31. The highest BCUT2D eigenvalue weighted by molar-refractivity contribution is 9.10. The lowest BCUT2D eigenvalue weighted by Gasteiger charge is -1.98. The van der Waals surface area contributed by atoms with Gasteiger partial charge >= 0.3 is 0 Å². The number of aromatic nitrogens is 1. The van der Waals surface area contributed by atoms with Crippen LogP contribution in [-0.2, 0) is 6.42 Å². The summed E-state index contributed by atoms with van der Waals surface area (Å²) < 4.78 is 1.11. The van der Waals surface area contributed by atoms with Crippen LogP contribution in [0.15, 0.2) is 28.7 Å². The summed E-state index contributed by atoms with van der Waals surface area (Å²) in [5.74, 6) is 0. The molecule has 3 heteroatoms. The lowest BCUT2D eigenvalue weighted by Crippen LogP contribution is -1.83. The molecule has 1 aromatic carbocycles. The van der Waals surface area contributed by atoms with Crippen LogP contribution in [0.3, 0.4) is 0 Å². The lowest BCUT2D eigenvalue weighted by atomic mass is 10.1. The summed E-state index contributed by atoms with van der Waals surface area (Å²) in [6.07, 6.45) is 2.24. The fraction of sp³-hybridized carbons (Fsp3) is 0.308. The van der Waals surface area contributed by atoms with Crippen LogP contribution in [-0.4, -0.2) is 4.98 Å². The third kappa shape index (κ3) is 2.53. The van der Waals surface area contributed by atoms with Gasteiger partial charge in [-0.2, -0.15) is 0 Å². The van der Waals surface area contributed by atoms with E-state index in [2.05, 4.69) is 48.0 Å².